The summed E-state index contributed by atoms with van der Waals surface area (Å²) < 4.78 is 1.68. The number of carbonyl (C=O) groups is 2. The molecule has 2 aromatic heterocycles. The zero-order valence-corrected chi connectivity index (χ0v) is 12.3. The number of hydrogen-bond acceptors (Lipinski definition) is 3. The van der Waals surface area contributed by atoms with Crippen LogP contribution in [-0.4, -0.2) is 21.2 Å². The molecule has 4 nitrogen and oxygen atoms in total. The van der Waals surface area contributed by atoms with Crippen LogP contribution in [0.4, 0.5) is 0 Å². The number of rotatable bonds is 4. The van der Waals surface area contributed by atoms with Crippen molar-refractivity contribution in [2.45, 2.75) is 39.0 Å². The summed E-state index contributed by atoms with van der Waals surface area (Å²) in [7, 11) is 0. The molecule has 2 unspecified atom stereocenters. The summed E-state index contributed by atoms with van der Waals surface area (Å²) in [6, 6.07) is 5.63. The van der Waals surface area contributed by atoms with Gasteiger partial charge in [-0.1, -0.05) is 25.8 Å². The maximum Gasteiger partial charge on any atom is 0.177 e. The molecular weight excluding hydrogens is 264 g/mol. The van der Waals surface area contributed by atoms with Gasteiger partial charge in [0.15, 0.2) is 5.78 Å². The van der Waals surface area contributed by atoms with Crippen molar-refractivity contribution in [3.05, 3.63) is 36.2 Å². The Hall–Kier alpha value is -1.97. The molecule has 2 atom stereocenters. The molecule has 1 saturated carbocycles. The van der Waals surface area contributed by atoms with E-state index >= 15 is 0 Å². The summed E-state index contributed by atoms with van der Waals surface area (Å²) in [5.41, 5.74) is 1.36. The first-order valence-corrected chi connectivity index (χ1v) is 7.70. The van der Waals surface area contributed by atoms with Crippen LogP contribution in [0.5, 0.6) is 0 Å². The van der Waals surface area contributed by atoms with E-state index in [1.165, 1.54) is 0 Å². The minimum atomic E-state index is -0.469. The lowest BCUT2D eigenvalue weighted by Gasteiger charge is -2.26. The molecule has 21 heavy (non-hydrogen) atoms. The van der Waals surface area contributed by atoms with Gasteiger partial charge in [0.05, 0.1) is 23.2 Å². The number of Topliss-reactive ketones (excluding diaryl/α,β-unsaturated/α-hetero) is 2. The number of aromatic nitrogens is 2. The lowest BCUT2D eigenvalue weighted by molar-refractivity contribution is -0.123. The molecule has 0 radical (unpaired) electrons. The van der Waals surface area contributed by atoms with Gasteiger partial charge in [-0.05, 0) is 30.9 Å². The summed E-state index contributed by atoms with van der Waals surface area (Å²) in [5.74, 6) is 0.0802. The van der Waals surface area contributed by atoms with E-state index in [2.05, 4.69) is 12.0 Å². The van der Waals surface area contributed by atoms with Crippen molar-refractivity contribution in [2.75, 3.05) is 0 Å². The van der Waals surface area contributed by atoms with Gasteiger partial charge >= 0.3 is 0 Å². The zero-order chi connectivity index (χ0) is 14.8. The van der Waals surface area contributed by atoms with Gasteiger partial charge in [-0.15, -0.1) is 0 Å². The Bertz CT molecular complexity index is 674. The SMILES string of the molecule is CCCC1CCC(=O)C(C(=O)c2cnn3ccccc23)C1. The Balaban J connectivity index is 1.88. The molecule has 0 N–H and O–H groups in total. The van der Waals surface area contributed by atoms with Gasteiger partial charge in [0.1, 0.15) is 5.78 Å². The van der Waals surface area contributed by atoms with Crippen molar-refractivity contribution >= 4 is 17.1 Å². The standard InChI is InChI=1S/C17H20N2O2/c1-2-5-12-7-8-16(20)13(10-12)17(21)14-11-18-19-9-4-3-6-15(14)19/h3-4,6,9,11-13H,2,5,7-8,10H2,1H3. The second-order valence-electron chi connectivity index (χ2n) is 5.90. The highest BCUT2D eigenvalue weighted by Gasteiger charge is 2.34. The molecule has 0 saturated heterocycles. The fraction of sp³-hybridized carbons (Fsp3) is 0.471. The molecule has 110 valence electrons. The van der Waals surface area contributed by atoms with Gasteiger partial charge in [0.2, 0.25) is 0 Å². The minimum Gasteiger partial charge on any atom is -0.299 e. The van der Waals surface area contributed by atoms with Crippen LogP contribution in [0.25, 0.3) is 5.52 Å². The normalized spacial score (nSPS) is 22.6. The minimum absolute atomic E-state index is 0.0537. The average Bonchev–Trinajstić information content (AvgIpc) is 2.93. The molecule has 1 aliphatic rings. The van der Waals surface area contributed by atoms with E-state index in [0.29, 0.717) is 24.3 Å². The van der Waals surface area contributed by atoms with Gasteiger partial charge in [0, 0.05) is 12.6 Å². The number of hydrogen-bond donors (Lipinski definition) is 0. The third-order valence-electron chi connectivity index (χ3n) is 4.46. The second kappa shape index (κ2) is 5.80. The van der Waals surface area contributed by atoms with E-state index in [0.717, 1.165) is 24.8 Å². The highest BCUT2D eigenvalue weighted by Crippen LogP contribution is 2.32. The first kappa shape index (κ1) is 14.0. The third-order valence-corrected chi connectivity index (χ3v) is 4.46. The maximum atomic E-state index is 12.8. The molecule has 2 heterocycles. The first-order valence-electron chi connectivity index (χ1n) is 7.70. The highest BCUT2D eigenvalue weighted by molar-refractivity contribution is 6.13. The van der Waals surface area contributed by atoms with Gasteiger partial charge in [-0.3, -0.25) is 9.59 Å². The van der Waals surface area contributed by atoms with Crippen molar-refractivity contribution in [3.8, 4) is 0 Å². The molecular formula is C17H20N2O2. The van der Waals surface area contributed by atoms with Gasteiger partial charge in [-0.2, -0.15) is 5.10 Å². The van der Waals surface area contributed by atoms with Crippen molar-refractivity contribution in [3.63, 3.8) is 0 Å². The van der Waals surface area contributed by atoms with Crippen LogP contribution in [0.1, 0.15) is 49.4 Å². The van der Waals surface area contributed by atoms with E-state index in [-0.39, 0.29) is 11.6 Å². The largest absolute Gasteiger partial charge is 0.299 e. The van der Waals surface area contributed by atoms with Crippen LogP contribution in [0, 0.1) is 11.8 Å². The Morgan fingerprint density at radius 1 is 1.43 bits per heavy atom. The molecule has 4 heteroatoms. The molecule has 0 amide bonds. The van der Waals surface area contributed by atoms with E-state index in [1.807, 2.05) is 24.4 Å². The summed E-state index contributed by atoms with van der Waals surface area (Å²) in [5, 5.41) is 4.20. The molecule has 0 aromatic carbocycles. The lowest BCUT2D eigenvalue weighted by Crippen LogP contribution is -2.31. The number of ketones is 2. The fourth-order valence-electron chi connectivity index (χ4n) is 3.34. The highest BCUT2D eigenvalue weighted by atomic mass is 16.2. The van der Waals surface area contributed by atoms with Gasteiger partial charge in [0.25, 0.3) is 0 Å². The van der Waals surface area contributed by atoms with Crippen LogP contribution < -0.4 is 0 Å². The monoisotopic (exact) mass is 284 g/mol. The summed E-state index contributed by atoms with van der Waals surface area (Å²) in [6.07, 6.45) is 7.80. The van der Waals surface area contributed by atoms with E-state index in [4.69, 9.17) is 0 Å². The van der Waals surface area contributed by atoms with E-state index in [1.54, 1.807) is 10.7 Å². The van der Waals surface area contributed by atoms with Crippen LogP contribution >= 0.6 is 0 Å². The van der Waals surface area contributed by atoms with Crippen LogP contribution in [0.3, 0.4) is 0 Å². The summed E-state index contributed by atoms with van der Waals surface area (Å²) in [4.78, 5) is 24.9. The van der Waals surface area contributed by atoms with Crippen molar-refractivity contribution < 1.29 is 9.59 Å². The molecule has 3 rings (SSSR count). The lowest BCUT2D eigenvalue weighted by atomic mass is 9.75. The van der Waals surface area contributed by atoms with Crippen LogP contribution in [0.15, 0.2) is 30.6 Å². The molecule has 0 aliphatic heterocycles. The summed E-state index contributed by atoms with van der Waals surface area (Å²) >= 11 is 0. The molecule has 2 aromatic rings. The first-order chi connectivity index (χ1) is 10.2. The topological polar surface area (TPSA) is 51.4 Å². The fourth-order valence-corrected chi connectivity index (χ4v) is 3.34. The van der Waals surface area contributed by atoms with Crippen molar-refractivity contribution in [1.29, 1.82) is 0 Å². The van der Waals surface area contributed by atoms with E-state index in [9.17, 15) is 9.59 Å². The number of fused-ring (bicyclic) bond motifs is 1. The third kappa shape index (κ3) is 2.62. The predicted octanol–water partition coefficient (Wildman–Crippen LogP) is 3.30. The van der Waals surface area contributed by atoms with Gasteiger partial charge < -0.3 is 0 Å². The van der Waals surface area contributed by atoms with E-state index < -0.39 is 5.92 Å². The quantitative estimate of drug-likeness (QED) is 0.639. The number of carbonyl (C=O) groups excluding carboxylic acids is 2. The smallest absolute Gasteiger partial charge is 0.177 e. The second-order valence-corrected chi connectivity index (χ2v) is 5.90. The molecule has 1 aliphatic carbocycles. The zero-order valence-electron chi connectivity index (χ0n) is 12.3. The number of nitrogens with zero attached hydrogens (tertiary/aromatic N) is 2. The molecule has 0 bridgehead atoms. The Kier molecular flexibility index (Phi) is 3.86. The average molecular weight is 284 g/mol. The van der Waals surface area contributed by atoms with Crippen molar-refractivity contribution in [2.24, 2.45) is 11.8 Å². The van der Waals surface area contributed by atoms with Crippen molar-refractivity contribution in [1.82, 2.24) is 9.61 Å². The summed E-state index contributed by atoms with van der Waals surface area (Å²) in [6.45, 7) is 2.15. The van der Waals surface area contributed by atoms with Crippen LogP contribution in [-0.2, 0) is 4.79 Å². The maximum absolute atomic E-state index is 12.8. The molecule has 0 spiro atoms. The van der Waals surface area contributed by atoms with Crippen LogP contribution in [0.2, 0.25) is 0 Å². The number of pyridine rings is 1. The molecule has 1 fully saturated rings. The van der Waals surface area contributed by atoms with Gasteiger partial charge in [-0.25, -0.2) is 4.52 Å². The predicted molar refractivity (Wildman–Crippen MR) is 80.3 cm³/mol. The Labute approximate surface area is 124 Å². The Morgan fingerprint density at radius 3 is 3.10 bits per heavy atom. The Morgan fingerprint density at radius 2 is 2.29 bits per heavy atom.